The highest BCUT2D eigenvalue weighted by molar-refractivity contribution is 7.18. The van der Waals surface area contributed by atoms with Crippen LogP contribution in [-0.4, -0.2) is 36.4 Å². The molecule has 1 rings (SSSR count). The van der Waals surface area contributed by atoms with Crippen molar-refractivity contribution in [3.63, 3.8) is 0 Å². The van der Waals surface area contributed by atoms with Gasteiger partial charge in [-0.3, -0.25) is 0 Å². The van der Waals surface area contributed by atoms with Gasteiger partial charge >= 0.3 is 0 Å². The van der Waals surface area contributed by atoms with Gasteiger partial charge in [-0.1, -0.05) is 9.24 Å². The smallest absolute Gasteiger partial charge is 0.297 e. The van der Waals surface area contributed by atoms with Gasteiger partial charge in [-0.2, -0.15) is 0 Å². The van der Waals surface area contributed by atoms with Crippen LogP contribution in [0.15, 0.2) is 0 Å². The molecule has 0 aromatic heterocycles. The second-order valence-corrected chi connectivity index (χ2v) is 4.32. The summed E-state index contributed by atoms with van der Waals surface area (Å²) in [4.78, 5) is 1.46. The Hall–Kier alpha value is 0.180. The van der Waals surface area contributed by atoms with E-state index < -0.39 is 17.9 Å². The highest BCUT2D eigenvalue weighted by Gasteiger charge is 2.52. The van der Waals surface area contributed by atoms with Crippen LogP contribution in [-0.2, 0) is 0 Å². The minimum atomic E-state index is -3.25. The Morgan fingerprint density at radius 1 is 1.33 bits per heavy atom. The zero-order valence-electron chi connectivity index (χ0n) is 6.99. The third kappa shape index (κ3) is 1.91. The molecule has 0 saturated carbocycles. The highest BCUT2D eigenvalue weighted by Crippen LogP contribution is 2.43. The van der Waals surface area contributed by atoms with Gasteiger partial charge in [0.15, 0.2) is 5.41 Å². The van der Waals surface area contributed by atoms with Crippen molar-refractivity contribution in [1.82, 2.24) is 4.90 Å². The predicted molar refractivity (Wildman–Crippen MR) is 45.2 cm³/mol. The Morgan fingerprint density at radius 3 is 2.50 bits per heavy atom. The van der Waals surface area contributed by atoms with E-state index in [1.165, 1.54) is 4.90 Å². The molecule has 2 atom stereocenters. The Morgan fingerprint density at radius 2 is 1.92 bits per heavy atom. The standard InChI is InChI=1S/C7H13F3NP/c1-11-4-2-3-7(10,12)6(8,9)5-11/h2-5,12H2,1H3. The average Bonchev–Trinajstić information content (AvgIpc) is 1.90. The first-order valence-corrected chi connectivity index (χ1v) is 4.47. The van der Waals surface area contributed by atoms with E-state index in [2.05, 4.69) is 0 Å². The third-order valence-corrected chi connectivity index (χ3v) is 2.87. The maximum atomic E-state index is 13.3. The molecule has 2 unspecified atom stereocenters. The monoisotopic (exact) mass is 199 g/mol. The number of hydrogen-bond donors (Lipinski definition) is 0. The Bertz CT molecular complexity index is 172. The molecule has 0 aromatic carbocycles. The van der Waals surface area contributed by atoms with Crippen LogP contribution in [0.1, 0.15) is 12.8 Å². The zero-order chi connectivity index (χ0) is 9.41. The van der Waals surface area contributed by atoms with Crippen LogP contribution in [0.3, 0.4) is 0 Å². The van der Waals surface area contributed by atoms with Crippen molar-refractivity contribution in [3.8, 4) is 0 Å². The van der Waals surface area contributed by atoms with E-state index in [1.54, 1.807) is 16.3 Å². The molecule has 1 fully saturated rings. The maximum absolute atomic E-state index is 13.3. The number of halogens is 3. The lowest BCUT2D eigenvalue weighted by atomic mass is 10.1. The molecule has 1 saturated heterocycles. The topological polar surface area (TPSA) is 3.24 Å². The second kappa shape index (κ2) is 3.15. The van der Waals surface area contributed by atoms with E-state index in [0.29, 0.717) is 13.0 Å². The van der Waals surface area contributed by atoms with Crippen LogP contribution < -0.4 is 0 Å². The summed E-state index contributed by atoms with van der Waals surface area (Å²) in [5.41, 5.74) is 0. The van der Waals surface area contributed by atoms with Crippen molar-refractivity contribution >= 4 is 9.24 Å². The van der Waals surface area contributed by atoms with Crippen LogP contribution >= 0.6 is 9.24 Å². The van der Waals surface area contributed by atoms with Crippen molar-refractivity contribution in [2.24, 2.45) is 0 Å². The molecule has 0 spiro atoms. The van der Waals surface area contributed by atoms with Crippen LogP contribution in [0.2, 0.25) is 0 Å². The first-order chi connectivity index (χ1) is 5.35. The Kier molecular flexibility index (Phi) is 2.69. The number of likely N-dealkylation sites (tertiary alicyclic amines) is 1. The lowest BCUT2D eigenvalue weighted by molar-refractivity contribution is -0.0987. The number of nitrogens with zero attached hydrogens (tertiary/aromatic N) is 1. The first-order valence-electron chi connectivity index (χ1n) is 3.89. The van der Waals surface area contributed by atoms with Crippen molar-refractivity contribution in [2.75, 3.05) is 20.1 Å². The minimum Gasteiger partial charge on any atom is -0.300 e. The molecule has 0 bridgehead atoms. The molecule has 0 amide bonds. The summed E-state index contributed by atoms with van der Waals surface area (Å²) < 4.78 is 39.4. The molecule has 0 radical (unpaired) electrons. The fraction of sp³-hybridized carbons (Fsp3) is 1.00. The van der Waals surface area contributed by atoms with Gasteiger partial charge in [0.05, 0.1) is 6.54 Å². The van der Waals surface area contributed by atoms with Gasteiger partial charge < -0.3 is 4.90 Å². The summed E-state index contributed by atoms with van der Waals surface area (Å²) in [5, 5.41) is -2.42. The van der Waals surface area contributed by atoms with E-state index in [9.17, 15) is 13.2 Å². The van der Waals surface area contributed by atoms with Gasteiger partial charge in [0.25, 0.3) is 5.92 Å². The minimum absolute atomic E-state index is 0.0883. The molecule has 12 heavy (non-hydrogen) atoms. The van der Waals surface area contributed by atoms with Crippen molar-refractivity contribution in [2.45, 2.75) is 24.2 Å². The predicted octanol–water partition coefficient (Wildman–Crippen LogP) is 1.89. The molecule has 1 aliphatic rings. The third-order valence-electron chi connectivity index (χ3n) is 2.16. The summed E-state index contributed by atoms with van der Waals surface area (Å²) >= 11 is 0. The molecule has 1 aliphatic heterocycles. The fourth-order valence-electron chi connectivity index (χ4n) is 1.34. The molecule has 5 heteroatoms. The van der Waals surface area contributed by atoms with Crippen molar-refractivity contribution in [3.05, 3.63) is 0 Å². The second-order valence-electron chi connectivity index (χ2n) is 3.41. The summed E-state index contributed by atoms with van der Waals surface area (Å²) in [6.45, 7) is 0.0443. The summed E-state index contributed by atoms with van der Waals surface area (Å²) in [5.74, 6) is -3.25. The van der Waals surface area contributed by atoms with Crippen LogP contribution in [0.5, 0.6) is 0 Å². The van der Waals surface area contributed by atoms with Crippen molar-refractivity contribution in [1.29, 1.82) is 0 Å². The van der Waals surface area contributed by atoms with Gasteiger partial charge in [0.2, 0.25) is 0 Å². The Balaban J connectivity index is 2.78. The quantitative estimate of drug-likeness (QED) is 0.538. The summed E-state index contributed by atoms with van der Waals surface area (Å²) in [6, 6.07) is 0. The zero-order valence-corrected chi connectivity index (χ0v) is 8.14. The van der Waals surface area contributed by atoms with Crippen LogP contribution in [0.4, 0.5) is 13.2 Å². The largest absolute Gasteiger partial charge is 0.300 e. The number of hydrogen-bond acceptors (Lipinski definition) is 1. The SMILES string of the molecule is CN1CCCC(F)(P)C(F)(F)C1. The Labute approximate surface area is 72.5 Å². The van der Waals surface area contributed by atoms with E-state index in [-0.39, 0.29) is 6.42 Å². The van der Waals surface area contributed by atoms with Gasteiger partial charge in [-0.25, -0.2) is 13.2 Å². The number of rotatable bonds is 0. The maximum Gasteiger partial charge on any atom is 0.297 e. The molecular formula is C7H13F3NP. The molecule has 0 aromatic rings. The van der Waals surface area contributed by atoms with Gasteiger partial charge in [0, 0.05) is 0 Å². The molecule has 72 valence electrons. The van der Waals surface area contributed by atoms with Crippen LogP contribution in [0.25, 0.3) is 0 Å². The lowest BCUT2D eigenvalue weighted by Gasteiger charge is -2.28. The average molecular weight is 199 g/mol. The fourth-order valence-corrected chi connectivity index (χ4v) is 1.63. The molecule has 0 aliphatic carbocycles. The van der Waals surface area contributed by atoms with E-state index in [4.69, 9.17) is 0 Å². The summed E-state index contributed by atoms with van der Waals surface area (Å²) in [6.07, 6.45) is 0.390. The lowest BCUT2D eigenvalue weighted by Crippen LogP contribution is -2.44. The molecule has 1 heterocycles. The van der Waals surface area contributed by atoms with Gasteiger partial charge in [-0.15, -0.1) is 0 Å². The van der Waals surface area contributed by atoms with E-state index in [0.717, 1.165) is 0 Å². The van der Waals surface area contributed by atoms with Gasteiger partial charge in [0.1, 0.15) is 0 Å². The van der Waals surface area contributed by atoms with Gasteiger partial charge in [-0.05, 0) is 26.4 Å². The molecule has 0 N–H and O–H groups in total. The van der Waals surface area contributed by atoms with E-state index >= 15 is 0 Å². The normalized spacial score (nSPS) is 37.8. The summed E-state index contributed by atoms with van der Waals surface area (Å²) in [7, 11) is 3.22. The van der Waals surface area contributed by atoms with E-state index in [1.807, 2.05) is 0 Å². The highest BCUT2D eigenvalue weighted by atomic mass is 31.0. The first kappa shape index (κ1) is 10.3. The van der Waals surface area contributed by atoms with Crippen LogP contribution in [0, 0.1) is 0 Å². The number of alkyl halides is 3. The van der Waals surface area contributed by atoms with Crippen molar-refractivity contribution < 1.29 is 13.2 Å². The molecular weight excluding hydrogens is 186 g/mol. The molecule has 1 nitrogen and oxygen atoms in total.